The lowest BCUT2D eigenvalue weighted by molar-refractivity contribution is -0.870. The summed E-state index contributed by atoms with van der Waals surface area (Å²) in [4.78, 5) is 21.4. The second kappa shape index (κ2) is 21.3. The molecule has 0 spiro atoms. The maximum atomic E-state index is 11.8. The Morgan fingerprint density at radius 2 is 1.40 bits per heavy atom. The van der Waals surface area contributed by atoms with E-state index in [9.17, 15) is 19.4 Å². The van der Waals surface area contributed by atoms with E-state index in [1.54, 1.807) is 0 Å². The van der Waals surface area contributed by atoms with E-state index in [1.807, 2.05) is 21.1 Å². The number of aliphatic hydroxyl groups excluding tert-OH is 1. The first-order valence-electron chi connectivity index (χ1n) is 13.5. The Bertz CT molecular complexity index is 593. The number of nitrogens with zero attached hydrogens (tertiary/aromatic N) is 1. The van der Waals surface area contributed by atoms with Gasteiger partial charge in [-0.2, -0.15) is 0 Å². The Balaban J connectivity index is 3.59. The van der Waals surface area contributed by atoms with Crippen LogP contribution in [0.5, 0.6) is 0 Å². The van der Waals surface area contributed by atoms with Crippen molar-refractivity contribution in [3.05, 3.63) is 12.2 Å². The zero-order valence-electron chi connectivity index (χ0n) is 22.8. The summed E-state index contributed by atoms with van der Waals surface area (Å²) in [5.41, 5.74) is 0. The number of phosphoric ester groups is 1. The van der Waals surface area contributed by atoms with Crippen LogP contribution in [-0.4, -0.2) is 74.1 Å². The topological polar surface area (TPSA) is 102 Å². The number of rotatable bonds is 24. The van der Waals surface area contributed by atoms with Crippen molar-refractivity contribution in [1.29, 1.82) is 0 Å². The molecule has 0 radical (unpaired) electrons. The number of aliphatic hydroxyl groups is 1. The number of esters is 1. The molecule has 0 aliphatic heterocycles. The summed E-state index contributed by atoms with van der Waals surface area (Å²) in [6.45, 7) is 2.11. The Kier molecular flexibility index (Phi) is 20.9. The van der Waals surface area contributed by atoms with Gasteiger partial charge in [-0.15, -0.1) is 0 Å². The summed E-state index contributed by atoms with van der Waals surface area (Å²) in [5.74, 6) is -0.381. The Morgan fingerprint density at radius 3 is 1.97 bits per heavy atom. The van der Waals surface area contributed by atoms with Crippen molar-refractivity contribution in [1.82, 2.24) is 0 Å². The van der Waals surface area contributed by atoms with Gasteiger partial charge in [0, 0.05) is 6.42 Å². The number of unbranched alkanes of at least 4 members (excludes halogenated alkanes) is 11. The largest absolute Gasteiger partial charge is 0.472 e. The number of quaternary nitrogens is 1. The molecule has 0 heterocycles. The molecule has 0 bridgehead atoms. The summed E-state index contributed by atoms with van der Waals surface area (Å²) in [6.07, 6.45) is 19.2. The van der Waals surface area contributed by atoms with E-state index >= 15 is 0 Å². The van der Waals surface area contributed by atoms with Crippen LogP contribution in [0.2, 0.25) is 0 Å². The quantitative estimate of drug-likeness (QED) is 0.0414. The zero-order chi connectivity index (χ0) is 26.4. The smallest absolute Gasteiger partial charge is 0.463 e. The van der Waals surface area contributed by atoms with Crippen LogP contribution in [0, 0.1) is 0 Å². The highest BCUT2D eigenvalue weighted by Gasteiger charge is 2.24. The summed E-state index contributed by atoms with van der Waals surface area (Å²) in [5, 5.41) is 9.82. The first kappa shape index (κ1) is 34.2. The predicted molar refractivity (Wildman–Crippen MR) is 141 cm³/mol. The number of likely N-dealkylation sites (N-methyl/N-ethyl adjacent to an activating group) is 1. The van der Waals surface area contributed by atoms with Crippen molar-refractivity contribution in [3.8, 4) is 0 Å². The van der Waals surface area contributed by atoms with Gasteiger partial charge in [0.2, 0.25) is 0 Å². The summed E-state index contributed by atoms with van der Waals surface area (Å²) in [6, 6.07) is 0. The van der Waals surface area contributed by atoms with Crippen molar-refractivity contribution in [2.24, 2.45) is 0 Å². The fourth-order valence-corrected chi connectivity index (χ4v) is 4.04. The Labute approximate surface area is 214 Å². The second-order valence-corrected chi connectivity index (χ2v) is 11.7. The van der Waals surface area contributed by atoms with Gasteiger partial charge in [-0.3, -0.25) is 13.8 Å². The monoisotopic (exact) mass is 523 g/mol. The van der Waals surface area contributed by atoms with E-state index in [4.69, 9.17) is 13.8 Å². The molecular formula is C26H53NO7P+. The van der Waals surface area contributed by atoms with E-state index in [-0.39, 0.29) is 19.2 Å². The number of phosphoric acid groups is 1. The standard InChI is InChI=1S/C26H52NO7P/c1-5-6-7-8-9-10-11-12-13-14-15-16-17-18-19-20-26(29)32-23-25(28)24-34-35(30,31)33-22-21-27(2,3)4/h12-13,25,28H,5-11,14-24H2,1-4H3/p+1/b13-12+/t25-/m1/s1/i1+1. The number of allylic oxidation sites excluding steroid dienone is 2. The lowest BCUT2D eigenvalue weighted by Gasteiger charge is -2.24. The SMILES string of the molecule is C[N+](C)(C)CCOP(=O)(O)OC[C@H](O)COC(=O)CCCCCCC/C=C/CCCCCCC[13CH3]. The molecule has 0 saturated heterocycles. The number of hydrogen-bond acceptors (Lipinski definition) is 6. The first-order valence-corrected chi connectivity index (χ1v) is 15.0. The molecule has 2 N–H and O–H groups in total. The lowest BCUT2D eigenvalue weighted by atomic mass is 10.1. The van der Waals surface area contributed by atoms with E-state index in [1.165, 1.54) is 51.4 Å². The van der Waals surface area contributed by atoms with Crippen molar-refractivity contribution in [3.63, 3.8) is 0 Å². The molecule has 0 aliphatic rings. The van der Waals surface area contributed by atoms with E-state index in [0.717, 1.165) is 32.1 Å². The Morgan fingerprint density at radius 1 is 0.857 bits per heavy atom. The molecule has 1 unspecified atom stereocenters. The summed E-state index contributed by atoms with van der Waals surface area (Å²) < 4.78 is 27.0. The van der Waals surface area contributed by atoms with Crippen LogP contribution < -0.4 is 0 Å². The van der Waals surface area contributed by atoms with Gasteiger partial charge in [-0.05, 0) is 32.1 Å². The normalized spacial score (nSPS) is 14.8. The van der Waals surface area contributed by atoms with Crippen LogP contribution in [0.1, 0.15) is 96.8 Å². The maximum absolute atomic E-state index is 11.8. The minimum absolute atomic E-state index is 0.0539. The summed E-state index contributed by atoms with van der Waals surface area (Å²) >= 11 is 0. The van der Waals surface area contributed by atoms with Crippen molar-refractivity contribution < 1.29 is 37.6 Å². The first-order chi connectivity index (χ1) is 16.6. The molecule has 2 atom stereocenters. The number of carbonyl (C=O) groups is 1. The van der Waals surface area contributed by atoms with Gasteiger partial charge in [0.05, 0.1) is 27.7 Å². The molecule has 0 amide bonds. The highest BCUT2D eigenvalue weighted by atomic mass is 31.2. The van der Waals surface area contributed by atoms with Crippen molar-refractivity contribution >= 4 is 13.8 Å². The molecule has 0 aromatic heterocycles. The van der Waals surface area contributed by atoms with Crippen molar-refractivity contribution in [2.75, 3.05) is 47.5 Å². The molecule has 0 aromatic rings. The zero-order valence-corrected chi connectivity index (χ0v) is 23.7. The lowest BCUT2D eigenvalue weighted by Crippen LogP contribution is -2.37. The van der Waals surface area contributed by atoms with E-state index in [2.05, 4.69) is 19.1 Å². The number of hydrogen-bond donors (Lipinski definition) is 2. The molecular weight excluding hydrogens is 470 g/mol. The predicted octanol–water partition coefficient (Wildman–Crippen LogP) is 5.77. The van der Waals surface area contributed by atoms with Crippen LogP contribution >= 0.6 is 7.82 Å². The van der Waals surface area contributed by atoms with E-state index < -0.39 is 20.5 Å². The Hall–Kier alpha value is -0.760. The molecule has 0 rings (SSSR count). The average Bonchev–Trinajstić information content (AvgIpc) is 2.78. The molecule has 0 fully saturated rings. The van der Waals surface area contributed by atoms with Gasteiger partial charge in [0.25, 0.3) is 0 Å². The van der Waals surface area contributed by atoms with Crippen LogP contribution in [0.4, 0.5) is 0 Å². The fourth-order valence-electron chi connectivity index (χ4n) is 3.30. The molecule has 9 heteroatoms. The van der Waals surface area contributed by atoms with E-state index in [0.29, 0.717) is 17.4 Å². The molecule has 0 aromatic carbocycles. The van der Waals surface area contributed by atoms with Gasteiger partial charge in [0.15, 0.2) is 0 Å². The minimum Gasteiger partial charge on any atom is -0.463 e. The molecule has 35 heavy (non-hydrogen) atoms. The van der Waals surface area contributed by atoms with Gasteiger partial charge in [-0.25, -0.2) is 4.57 Å². The fraction of sp³-hybridized carbons (Fsp3) is 0.885. The molecule has 0 saturated carbocycles. The van der Waals surface area contributed by atoms with Gasteiger partial charge in [0.1, 0.15) is 25.9 Å². The summed E-state index contributed by atoms with van der Waals surface area (Å²) in [7, 11) is 1.56. The van der Waals surface area contributed by atoms with Gasteiger partial charge >= 0.3 is 13.8 Å². The second-order valence-electron chi connectivity index (χ2n) is 10.3. The van der Waals surface area contributed by atoms with Crippen LogP contribution in [-0.2, 0) is 23.1 Å². The van der Waals surface area contributed by atoms with Crippen molar-refractivity contribution in [2.45, 2.75) is 103 Å². The van der Waals surface area contributed by atoms with Gasteiger partial charge < -0.3 is 19.2 Å². The molecule has 208 valence electrons. The van der Waals surface area contributed by atoms with Crippen LogP contribution in [0.15, 0.2) is 12.2 Å². The molecule has 8 nitrogen and oxygen atoms in total. The minimum atomic E-state index is -4.24. The van der Waals surface area contributed by atoms with Crippen LogP contribution in [0.3, 0.4) is 0 Å². The highest BCUT2D eigenvalue weighted by molar-refractivity contribution is 7.47. The number of ether oxygens (including phenoxy) is 1. The third kappa shape index (κ3) is 26.1. The average molecular weight is 524 g/mol. The maximum Gasteiger partial charge on any atom is 0.472 e. The number of carbonyl (C=O) groups excluding carboxylic acids is 1. The van der Waals surface area contributed by atoms with Gasteiger partial charge in [-0.1, -0.05) is 70.4 Å². The molecule has 0 aliphatic carbocycles. The third-order valence-corrected chi connectivity index (χ3v) is 6.51. The highest BCUT2D eigenvalue weighted by Crippen LogP contribution is 2.43. The third-order valence-electron chi connectivity index (χ3n) is 5.53. The van der Waals surface area contributed by atoms with Crippen LogP contribution in [0.25, 0.3) is 0 Å².